The molecule has 2 rings (SSSR count). The summed E-state index contributed by atoms with van der Waals surface area (Å²) in [5.41, 5.74) is 1.06. The lowest BCUT2D eigenvalue weighted by atomic mass is 10.2. The van der Waals surface area contributed by atoms with Crippen LogP contribution in [0.15, 0.2) is 30.8 Å². The molecule has 30 heavy (non-hydrogen) atoms. The zero-order valence-corrected chi connectivity index (χ0v) is 21.0. The van der Waals surface area contributed by atoms with Crippen LogP contribution in [0, 0.1) is 0 Å². The van der Waals surface area contributed by atoms with Crippen molar-refractivity contribution in [3.05, 3.63) is 36.4 Å². The lowest BCUT2D eigenvalue weighted by Gasteiger charge is -2.24. The highest BCUT2D eigenvalue weighted by Gasteiger charge is 2.40. The summed E-state index contributed by atoms with van der Waals surface area (Å²) in [7, 11) is 4.61. The SMILES string of the molecule is C=Cc1ccc([Si](OC)(OC)OC)cc1.CO[Si](CCCOCC1CO1)(OC)OC. The highest BCUT2D eigenvalue weighted by atomic mass is 28.4. The van der Waals surface area contributed by atoms with Crippen LogP contribution in [0.3, 0.4) is 0 Å². The van der Waals surface area contributed by atoms with Crippen molar-refractivity contribution in [3.63, 3.8) is 0 Å². The topological polar surface area (TPSA) is 77.1 Å². The van der Waals surface area contributed by atoms with Gasteiger partial charge in [0.1, 0.15) is 6.10 Å². The minimum atomic E-state index is -2.66. The Morgan fingerprint density at radius 1 is 0.933 bits per heavy atom. The van der Waals surface area contributed by atoms with Gasteiger partial charge < -0.3 is 36.0 Å². The van der Waals surface area contributed by atoms with Crippen LogP contribution in [0.4, 0.5) is 0 Å². The van der Waals surface area contributed by atoms with E-state index in [1.807, 2.05) is 24.3 Å². The molecule has 0 radical (unpaired) electrons. The van der Waals surface area contributed by atoms with E-state index in [9.17, 15) is 0 Å². The van der Waals surface area contributed by atoms with Crippen molar-refractivity contribution in [1.82, 2.24) is 0 Å². The van der Waals surface area contributed by atoms with E-state index in [-0.39, 0.29) is 0 Å². The number of rotatable bonds is 14. The van der Waals surface area contributed by atoms with Crippen LogP contribution in [-0.4, -0.2) is 86.2 Å². The molecule has 0 amide bonds. The predicted octanol–water partition coefficient (Wildman–Crippen LogP) is 2.08. The van der Waals surface area contributed by atoms with Gasteiger partial charge in [-0.1, -0.05) is 36.9 Å². The number of hydrogen-bond acceptors (Lipinski definition) is 8. The van der Waals surface area contributed by atoms with E-state index in [4.69, 9.17) is 36.0 Å². The maximum Gasteiger partial charge on any atom is 0.536 e. The van der Waals surface area contributed by atoms with Crippen LogP contribution in [0.5, 0.6) is 0 Å². The molecule has 0 bridgehead atoms. The van der Waals surface area contributed by atoms with Gasteiger partial charge in [-0.05, 0) is 12.0 Å². The van der Waals surface area contributed by atoms with E-state index in [0.29, 0.717) is 19.3 Å². The monoisotopic (exact) mass is 460 g/mol. The van der Waals surface area contributed by atoms with Crippen LogP contribution in [0.1, 0.15) is 12.0 Å². The molecular formula is C20H36O8Si2. The van der Waals surface area contributed by atoms with E-state index in [1.54, 1.807) is 48.7 Å². The van der Waals surface area contributed by atoms with Crippen molar-refractivity contribution in [2.24, 2.45) is 0 Å². The minimum absolute atomic E-state index is 0.333. The quantitative estimate of drug-likeness (QED) is 0.237. The molecule has 0 N–H and O–H groups in total. The first-order valence-corrected chi connectivity index (χ1v) is 13.4. The number of epoxide rings is 1. The highest BCUT2D eigenvalue weighted by Crippen LogP contribution is 2.15. The molecule has 1 aliphatic heterocycles. The van der Waals surface area contributed by atoms with Gasteiger partial charge in [0.15, 0.2) is 0 Å². The van der Waals surface area contributed by atoms with Gasteiger partial charge in [-0.2, -0.15) is 0 Å². The first-order chi connectivity index (χ1) is 14.5. The molecule has 1 heterocycles. The van der Waals surface area contributed by atoms with Crippen molar-refractivity contribution < 1.29 is 36.0 Å². The first-order valence-electron chi connectivity index (χ1n) is 9.71. The third kappa shape index (κ3) is 8.31. The van der Waals surface area contributed by atoms with Gasteiger partial charge in [-0.25, -0.2) is 0 Å². The molecule has 0 spiro atoms. The van der Waals surface area contributed by atoms with Gasteiger partial charge in [0.05, 0.1) is 13.2 Å². The first kappa shape index (κ1) is 27.1. The van der Waals surface area contributed by atoms with Crippen LogP contribution >= 0.6 is 0 Å². The summed E-state index contributed by atoms with van der Waals surface area (Å²) in [6.45, 7) is 5.94. The Balaban J connectivity index is 0.000000300. The highest BCUT2D eigenvalue weighted by molar-refractivity contribution is 6.75. The zero-order valence-electron chi connectivity index (χ0n) is 19.0. The molecule has 1 fully saturated rings. The molecule has 0 saturated carbocycles. The Bertz CT molecular complexity index is 570. The predicted molar refractivity (Wildman–Crippen MR) is 120 cm³/mol. The van der Waals surface area contributed by atoms with E-state index >= 15 is 0 Å². The molecule has 0 aliphatic carbocycles. The fourth-order valence-electron chi connectivity index (χ4n) is 2.75. The smallest absolute Gasteiger partial charge is 0.379 e. The summed E-state index contributed by atoms with van der Waals surface area (Å²) in [6, 6.07) is 8.59. The zero-order chi connectivity index (χ0) is 22.5. The summed E-state index contributed by atoms with van der Waals surface area (Å²) in [5, 5.41) is 0.945. The molecule has 172 valence electrons. The van der Waals surface area contributed by atoms with Gasteiger partial charge in [-0.3, -0.25) is 0 Å². The largest absolute Gasteiger partial charge is 0.536 e. The molecule has 0 aromatic heterocycles. The van der Waals surface area contributed by atoms with Gasteiger partial charge in [0.2, 0.25) is 0 Å². The summed E-state index contributed by atoms with van der Waals surface area (Å²) in [6.07, 6.45) is 3.01. The summed E-state index contributed by atoms with van der Waals surface area (Å²) < 4.78 is 42.4. The molecule has 1 aliphatic rings. The van der Waals surface area contributed by atoms with Crippen molar-refractivity contribution in [2.75, 3.05) is 62.5 Å². The Morgan fingerprint density at radius 3 is 1.87 bits per heavy atom. The molecule has 8 nitrogen and oxygen atoms in total. The third-order valence-electron chi connectivity index (χ3n) is 4.72. The molecule has 1 aromatic rings. The molecule has 1 saturated heterocycles. The van der Waals surface area contributed by atoms with Gasteiger partial charge in [0.25, 0.3) is 0 Å². The average Bonchev–Trinajstić information content (AvgIpc) is 3.64. The van der Waals surface area contributed by atoms with Crippen molar-refractivity contribution in [3.8, 4) is 0 Å². The molecule has 10 heteroatoms. The van der Waals surface area contributed by atoms with E-state index < -0.39 is 17.6 Å². The Kier molecular flexibility index (Phi) is 12.8. The van der Waals surface area contributed by atoms with Gasteiger partial charge >= 0.3 is 17.6 Å². The van der Waals surface area contributed by atoms with Gasteiger partial charge in [0, 0.05) is 60.5 Å². The summed E-state index contributed by atoms with van der Waals surface area (Å²) >= 11 is 0. The number of benzene rings is 1. The Labute approximate surface area is 182 Å². The second kappa shape index (κ2) is 14.2. The number of ether oxygens (including phenoxy) is 2. The van der Waals surface area contributed by atoms with Crippen molar-refractivity contribution in [1.29, 1.82) is 0 Å². The lowest BCUT2D eigenvalue weighted by molar-refractivity contribution is 0.100. The maximum absolute atomic E-state index is 5.42. The molecular weight excluding hydrogens is 424 g/mol. The maximum atomic E-state index is 5.42. The average molecular weight is 461 g/mol. The molecule has 1 unspecified atom stereocenters. The third-order valence-corrected chi connectivity index (χ3v) is 10.2. The van der Waals surface area contributed by atoms with E-state index in [2.05, 4.69) is 6.58 Å². The van der Waals surface area contributed by atoms with Crippen molar-refractivity contribution >= 4 is 28.9 Å². The standard InChI is InChI=1S/C11H16O3Si.C9H20O5Si/c1-5-10-6-8-11(9-7-10)15(12-2,13-3)14-4;1-10-15(11-2,12-3)6-4-5-13-7-9-8-14-9/h5-9H,1H2,2-4H3;9H,4-8H2,1-3H3. The van der Waals surface area contributed by atoms with Crippen molar-refractivity contribution in [2.45, 2.75) is 18.6 Å². The summed E-state index contributed by atoms with van der Waals surface area (Å²) in [5.74, 6) is 0. The van der Waals surface area contributed by atoms with Crippen LogP contribution in [0.25, 0.3) is 6.08 Å². The lowest BCUT2D eigenvalue weighted by Crippen LogP contribution is -2.54. The summed E-state index contributed by atoms with van der Waals surface area (Å²) in [4.78, 5) is 0. The molecule has 1 atom stereocenters. The Morgan fingerprint density at radius 2 is 1.47 bits per heavy atom. The normalized spacial score (nSPS) is 16.0. The van der Waals surface area contributed by atoms with E-state index in [0.717, 1.165) is 29.8 Å². The molecule has 1 aromatic carbocycles. The minimum Gasteiger partial charge on any atom is -0.379 e. The number of hydrogen-bond donors (Lipinski definition) is 0. The van der Waals surface area contributed by atoms with Crippen LogP contribution in [-0.2, 0) is 36.0 Å². The fraction of sp³-hybridized carbons (Fsp3) is 0.600. The second-order valence-electron chi connectivity index (χ2n) is 6.42. The Hall–Kier alpha value is -0.926. The van der Waals surface area contributed by atoms with Crippen LogP contribution in [0.2, 0.25) is 6.04 Å². The van der Waals surface area contributed by atoms with Crippen LogP contribution < -0.4 is 5.19 Å². The fourth-order valence-corrected chi connectivity index (χ4v) is 6.22. The van der Waals surface area contributed by atoms with E-state index in [1.165, 1.54) is 0 Å². The van der Waals surface area contributed by atoms with Gasteiger partial charge in [-0.15, -0.1) is 0 Å². The second-order valence-corrected chi connectivity index (χ2v) is 12.4.